The summed E-state index contributed by atoms with van der Waals surface area (Å²) < 4.78 is 33.8. The van der Waals surface area contributed by atoms with Crippen molar-refractivity contribution in [1.82, 2.24) is 5.32 Å². The number of amides is 1. The molecule has 1 unspecified atom stereocenters. The summed E-state index contributed by atoms with van der Waals surface area (Å²) in [4.78, 5) is 12.7. The molecule has 0 saturated carbocycles. The number of hydrogen-bond acceptors (Lipinski definition) is 4. The first-order valence-corrected chi connectivity index (χ1v) is 10.7. The fourth-order valence-corrected chi connectivity index (χ4v) is 4.23. The van der Waals surface area contributed by atoms with Crippen molar-refractivity contribution in [2.45, 2.75) is 38.6 Å². The maximum absolute atomic E-state index is 12.9. The molecule has 2 N–H and O–H groups in total. The molecule has 152 valence electrons. The number of aryl methyl sites for hydroxylation is 3. The van der Waals surface area contributed by atoms with Crippen LogP contribution in [0.1, 0.15) is 46.0 Å². The lowest BCUT2D eigenvalue weighted by molar-refractivity contribution is 0.0935. The second kappa shape index (κ2) is 8.13. The third-order valence-electron chi connectivity index (χ3n) is 4.58. The Balaban J connectivity index is 1.83. The summed E-state index contributed by atoms with van der Waals surface area (Å²) in [6.45, 7) is 7.26. The van der Waals surface area contributed by atoms with Gasteiger partial charge in [0, 0.05) is 11.3 Å². The highest BCUT2D eigenvalue weighted by atomic mass is 32.2. The number of hydrogen-bond donors (Lipinski definition) is 2. The molecular weight excluding hydrogens is 388 g/mol. The minimum absolute atomic E-state index is 0.0622. The molecule has 0 aliphatic carbocycles. The highest BCUT2D eigenvalue weighted by Gasteiger charge is 2.21. The summed E-state index contributed by atoms with van der Waals surface area (Å²) in [6, 6.07) is 15.0. The number of furan rings is 1. The van der Waals surface area contributed by atoms with Gasteiger partial charge >= 0.3 is 0 Å². The monoisotopic (exact) mass is 412 g/mol. The third kappa shape index (κ3) is 4.86. The number of anilines is 1. The largest absolute Gasteiger partial charge is 0.464 e. The number of sulfonamides is 1. The van der Waals surface area contributed by atoms with Crippen molar-refractivity contribution >= 4 is 21.6 Å². The molecule has 2 aromatic carbocycles. The van der Waals surface area contributed by atoms with Gasteiger partial charge in [-0.25, -0.2) is 8.42 Å². The summed E-state index contributed by atoms with van der Waals surface area (Å²) in [5.74, 6) is 1.02. The highest BCUT2D eigenvalue weighted by Crippen LogP contribution is 2.22. The van der Waals surface area contributed by atoms with E-state index < -0.39 is 10.0 Å². The predicted molar refractivity (Wildman–Crippen MR) is 112 cm³/mol. The Morgan fingerprint density at radius 1 is 0.966 bits per heavy atom. The van der Waals surface area contributed by atoms with Gasteiger partial charge < -0.3 is 9.73 Å². The van der Waals surface area contributed by atoms with E-state index in [1.54, 1.807) is 44.2 Å². The number of rotatable bonds is 6. The molecule has 0 aliphatic rings. The van der Waals surface area contributed by atoms with Crippen molar-refractivity contribution in [2.75, 3.05) is 4.72 Å². The van der Waals surface area contributed by atoms with E-state index in [-0.39, 0.29) is 22.4 Å². The fraction of sp³-hybridized carbons (Fsp3) is 0.227. The van der Waals surface area contributed by atoms with Gasteiger partial charge in [-0.2, -0.15) is 0 Å². The van der Waals surface area contributed by atoms with Gasteiger partial charge in [0.05, 0.1) is 10.9 Å². The minimum atomic E-state index is -3.84. The zero-order valence-corrected chi connectivity index (χ0v) is 17.6. The quantitative estimate of drug-likeness (QED) is 0.624. The van der Waals surface area contributed by atoms with Crippen molar-refractivity contribution < 1.29 is 17.6 Å². The van der Waals surface area contributed by atoms with Crippen LogP contribution in [0.15, 0.2) is 63.9 Å². The van der Waals surface area contributed by atoms with Crippen LogP contribution in [0.4, 0.5) is 5.69 Å². The molecule has 0 spiro atoms. The van der Waals surface area contributed by atoms with Gasteiger partial charge in [-0.3, -0.25) is 9.52 Å². The van der Waals surface area contributed by atoms with Gasteiger partial charge in [0.1, 0.15) is 11.5 Å². The third-order valence-corrected chi connectivity index (χ3v) is 6.10. The summed E-state index contributed by atoms with van der Waals surface area (Å²) in [7, 11) is -3.84. The molecule has 3 rings (SSSR count). The lowest BCUT2D eigenvalue weighted by Crippen LogP contribution is -2.27. The molecule has 1 amide bonds. The average molecular weight is 413 g/mol. The molecule has 6 nitrogen and oxygen atoms in total. The summed E-state index contributed by atoms with van der Waals surface area (Å²) in [5, 5.41) is 2.83. The van der Waals surface area contributed by atoms with Gasteiger partial charge in [0.2, 0.25) is 0 Å². The SMILES string of the molecule is Cc1ccc(NS(=O)(=O)c2cc(C(=O)NC(C)c3ccc(C)o3)ccc2C)cc1. The second-order valence-electron chi connectivity index (χ2n) is 7.10. The molecule has 1 atom stereocenters. The number of nitrogens with one attached hydrogen (secondary N) is 2. The van der Waals surface area contributed by atoms with Crippen LogP contribution in [0.2, 0.25) is 0 Å². The molecule has 0 bridgehead atoms. The molecule has 0 radical (unpaired) electrons. The van der Waals surface area contributed by atoms with Crippen LogP contribution >= 0.6 is 0 Å². The van der Waals surface area contributed by atoms with Crippen molar-refractivity contribution in [3.63, 3.8) is 0 Å². The predicted octanol–water partition coefficient (Wildman–Crippen LogP) is 4.50. The molecule has 1 aromatic heterocycles. The van der Waals surface area contributed by atoms with E-state index in [1.807, 2.05) is 32.0 Å². The maximum atomic E-state index is 12.9. The average Bonchev–Trinajstić information content (AvgIpc) is 3.10. The molecule has 0 saturated heterocycles. The van der Waals surface area contributed by atoms with Crippen LogP contribution in [0.3, 0.4) is 0 Å². The van der Waals surface area contributed by atoms with E-state index in [4.69, 9.17) is 4.42 Å². The van der Waals surface area contributed by atoms with E-state index in [2.05, 4.69) is 10.0 Å². The topological polar surface area (TPSA) is 88.4 Å². The number of benzene rings is 2. The van der Waals surface area contributed by atoms with E-state index >= 15 is 0 Å². The zero-order chi connectivity index (χ0) is 21.2. The summed E-state index contributed by atoms with van der Waals surface area (Å²) >= 11 is 0. The Labute approximate surface area is 171 Å². The molecule has 29 heavy (non-hydrogen) atoms. The van der Waals surface area contributed by atoms with Gasteiger partial charge in [-0.05, 0) is 69.7 Å². The first kappa shape index (κ1) is 20.7. The fourth-order valence-electron chi connectivity index (χ4n) is 2.90. The molecule has 0 fully saturated rings. The van der Waals surface area contributed by atoms with Crippen LogP contribution in [0.5, 0.6) is 0 Å². The summed E-state index contributed by atoms with van der Waals surface area (Å²) in [6.07, 6.45) is 0. The lowest BCUT2D eigenvalue weighted by atomic mass is 10.1. The van der Waals surface area contributed by atoms with Crippen molar-refractivity contribution in [1.29, 1.82) is 0 Å². The molecule has 1 heterocycles. The highest BCUT2D eigenvalue weighted by molar-refractivity contribution is 7.92. The van der Waals surface area contributed by atoms with E-state index in [0.29, 0.717) is 17.0 Å². The Morgan fingerprint density at radius 3 is 2.28 bits per heavy atom. The van der Waals surface area contributed by atoms with Crippen LogP contribution in [-0.4, -0.2) is 14.3 Å². The molecule has 3 aromatic rings. The number of carbonyl (C=O) groups is 1. The zero-order valence-electron chi connectivity index (χ0n) is 16.8. The van der Waals surface area contributed by atoms with Crippen LogP contribution in [0, 0.1) is 20.8 Å². The first-order chi connectivity index (χ1) is 13.7. The Kier molecular flexibility index (Phi) is 5.79. The first-order valence-electron chi connectivity index (χ1n) is 9.23. The Bertz CT molecular complexity index is 1130. The second-order valence-corrected chi connectivity index (χ2v) is 8.75. The van der Waals surface area contributed by atoms with Gasteiger partial charge in [-0.1, -0.05) is 23.8 Å². The summed E-state index contributed by atoms with van der Waals surface area (Å²) in [5.41, 5.74) is 2.31. The van der Waals surface area contributed by atoms with E-state index in [1.165, 1.54) is 6.07 Å². The molecular formula is C22H24N2O4S. The standard InChI is InChI=1S/C22H24N2O4S/c1-14-5-10-19(11-6-14)24-29(26,27)21-13-18(9-7-15(21)2)22(25)23-17(4)20-12-8-16(3)28-20/h5-13,17,24H,1-4H3,(H,23,25). The van der Waals surface area contributed by atoms with Gasteiger partial charge in [0.25, 0.3) is 15.9 Å². The molecule has 7 heteroatoms. The van der Waals surface area contributed by atoms with Crippen LogP contribution in [0.25, 0.3) is 0 Å². The van der Waals surface area contributed by atoms with Gasteiger partial charge in [0.15, 0.2) is 0 Å². The van der Waals surface area contributed by atoms with E-state index in [9.17, 15) is 13.2 Å². The van der Waals surface area contributed by atoms with Crippen molar-refractivity contribution in [3.05, 3.63) is 82.8 Å². The van der Waals surface area contributed by atoms with Crippen molar-refractivity contribution in [3.8, 4) is 0 Å². The number of carbonyl (C=O) groups excluding carboxylic acids is 1. The smallest absolute Gasteiger partial charge is 0.262 e. The Hall–Kier alpha value is -3.06. The Morgan fingerprint density at radius 2 is 1.66 bits per heavy atom. The maximum Gasteiger partial charge on any atom is 0.262 e. The van der Waals surface area contributed by atoms with E-state index in [0.717, 1.165) is 11.3 Å². The van der Waals surface area contributed by atoms with Crippen LogP contribution in [-0.2, 0) is 10.0 Å². The van der Waals surface area contributed by atoms with Gasteiger partial charge in [-0.15, -0.1) is 0 Å². The molecule has 0 aliphatic heterocycles. The van der Waals surface area contributed by atoms with Crippen molar-refractivity contribution in [2.24, 2.45) is 0 Å². The lowest BCUT2D eigenvalue weighted by Gasteiger charge is -2.14. The van der Waals surface area contributed by atoms with Crippen LogP contribution < -0.4 is 10.0 Å². The normalized spacial score (nSPS) is 12.4. The minimum Gasteiger partial charge on any atom is -0.464 e.